The number of unbranched alkanes of at least 4 members (excludes halogenated alkanes) is 56. The number of nitro groups is 2. The molecule has 0 rings (SSSR count). The van der Waals surface area contributed by atoms with E-state index in [0.717, 1.165) is 51.4 Å². The second-order valence-corrected chi connectivity index (χ2v) is 27.6. The quantitative estimate of drug-likeness (QED) is 0.0159. The first kappa shape index (κ1) is 101. The third kappa shape index (κ3) is 76.3. The van der Waals surface area contributed by atoms with Crippen molar-refractivity contribution in [2.75, 3.05) is 26.4 Å². The molecular weight excluding hydrogens is 1220 g/mol. The van der Waals surface area contributed by atoms with Gasteiger partial charge in [0.15, 0.2) is 0 Å². The van der Waals surface area contributed by atoms with E-state index in [1.165, 1.54) is 334 Å². The largest absolute Gasteiger partial charge is 0.481 e. The van der Waals surface area contributed by atoms with Gasteiger partial charge in [-0.1, -0.05) is 387 Å². The lowest BCUT2D eigenvalue weighted by Gasteiger charge is -2.32. The van der Waals surface area contributed by atoms with Crippen molar-refractivity contribution in [1.29, 1.82) is 0 Å². The van der Waals surface area contributed by atoms with Gasteiger partial charge in [-0.05, 0) is 25.7 Å². The van der Waals surface area contributed by atoms with E-state index in [1.807, 2.05) is 0 Å². The Labute approximate surface area is 587 Å². The van der Waals surface area contributed by atoms with E-state index in [4.69, 9.17) is 40.9 Å². The van der Waals surface area contributed by atoms with E-state index < -0.39 is 71.2 Å². The Bertz CT molecular complexity index is 1430. The van der Waals surface area contributed by atoms with Gasteiger partial charge in [0.05, 0.1) is 0 Å². The molecule has 0 fully saturated rings. The fraction of sp³-hybridized carbons (Fsp3) is 0.949. The Kier molecular flexibility index (Phi) is 88.5. The number of aliphatic hydroxyl groups is 4. The molecule has 96 heavy (non-hydrogen) atoms. The fourth-order valence-electron chi connectivity index (χ4n) is 11.8. The molecule has 0 unspecified atom stereocenters. The van der Waals surface area contributed by atoms with Crippen LogP contribution in [0.15, 0.2) is 0 Å². The SMILES string of the molecule is CCCCCCCCCCCCCCCCCC(=O)O.CCCCCCCCCCCCCCCCCC(=O)O.CCCCCCCCCCCCCCCCCC(=O)O.CCCCCCCCCCCCCCCCCC(=O)O.O=[N+]([O-])C(CO)(CO)C(CO)(CO)[N+](=O)[O-]. The van der Waals surface area contributed by atoms with Crippen LogP contribution >= 0.6 is 0 Å². The van der Waals surface area contributed by atoms with Crippen LogP contribution in [0.3, 0.4) is 0 Å². The van der Waals surface area contributed by atoms with Crippen LogP contribution in [0, 0.1) is 20.2 Å². The standard InChI is InChI=1S/4C18H36O2.C6H12N2O8/c4*1-2-3-4-5-6-7-8-9-10-11-12-13-14-15-16-17-18(19)20;9-1-5(2-10,7(13)14)6(3-11,4-12)8(15)16/h4*2-17H2,1H3,(H,19,20);9-12H,1-4H2. The maximum Gasteiger partial charge on any atom is 0.339 e. The van der Waals surface area contributed by atoms with Gasteiger partial charge in [-0.2, -0.15) is 0 Å². The highest BCUT2D eigenvalue weighted by molar-refractivity contribution is 5.67. The summed E-state index contributed by atoms with van der Waals surface area (Å²) in [5, 5.41) is 91.0. The molecule has 0 aliphatic rings. The van der Waals surface area contributed by atoms with Crippen molar-refractivity contribution in [1.82, 2.24) is 0 Å². The molecule has 18 heteroatoms. The Balaban J connectivity index is -0.000000360. The Hall–Kier alpha value is -3.48. The number of carboxylic acid groups (broad SMARTS) is 4. The van der Waals surface area contributed by atoms with Crippen LogP contribution in [0.1, 0.15) is 439 Å². The molecule has 0 aromatic carbocycles. The molecule has 0 heterocycles. The first-order valence-electron chi connectivity index (χ1n) is 40.1. The predicted octanol–water partition coefficient (Wildman–Crippen LogP) is 22.3. The third-order valence-electron chi connectivity index (χ3n) is 18.6. The van der Waals surface area contributed by atoms with Crippen molar-refractivity contribution in [3.8, 4) is 0 Å². The van der Waals surface area contributed by atoms with Gasteiger partial charge in [0, 0.05) is 35.5 Å². The van der Waals surface area contributed by atoms with E-state index in [0.29, 0.717) is 25.7 Å². The van der Waals surface area contributed by atoms with Gasteiger partial charge in [-0.15, -0.1) is 0 Å². The second kappa shape index (κ2) is 83.9. The Morgan fingerprint density at radius 2 is 0.312 bits per heavy atom. The lowest BCUT2D eigenvalue weighted by molar-refractivity contribution is -0.693. The van der Waals surface area contributed by atoms with Gasteiger partial charge in [-0.3, -0.25) is 39.4 Å². The summed E-state index contributed by atoms with van der Waals surface area (Å²) in [4.78, 5) is 60.2. The van der Waals surface area contributed by atoms with E-state index in [-0.39, 0.29) is 0 Å². The Morgan fingerprint density at radius 3 is 0.385 bits per heavy atom. The van der Waals surface area contributed by atoms with Crippen molar-refractivity contribution >= 4 is 23.9 Å². The van der Waals surface area contributed by atoms with Crippen molar-refractivity contribution in [3.05, 3.63) is 20.2 Å². The molecule has 0 amide bonds. The summed E-state index contributed by atoms with van der Waals surface area (Å²) in [5.74, 6) is -2.61. The molecule has 0 aliphatic carbocycles. The molecule has 0 saturated carbocycles. The molecule has 0 aromatic rings. The molecule has 0 radical (unpaired) electrons. The number of aliphatic hydroxyl groups excluding tert-OH is 4. The summed E-state index contributed by atoms with van der Waals surface area (Å²) in [5.41, 5.74) is -5.69. The Morgan fingerprint density at radius 1 is 0.219 bits per heavy atom. The number of nitrogens with zero attached hydrogens (tertiary/aromatic N) is 2. The molecule has 0 atom stereocenters. The number of hydrogen-bond acceptors (Lipinski definition) is 12. The van der Waals surface area contributed by atoms with Gasteiger partial charge in [0.25, 0.3) is 0 Å². The van der Waals surface area contributed by atoms with Crippen LogP contribution in [-0.2, 0) is 19.2 Å². The summed E-state index contributed by atoms with van der Waals surface area (Å²) in [7, 11) is 0. The molecule has 0 aromatic heterocycles. The summed E-state index contributed by atoms with van der Waals surface area (Å²) < 4.78 is 0. The van der Waals surface area contributed by atoms with Gasteiger partial charge in [0.2, 0.25) is 0 Å². The van der Waals surface area contributed by atoms with E-state index >= 15 is 0 Å². The monoisotopic (exact) mass is 1380 g/mol. The van der Waals surface area contributed by atoms with Crippen LogP contribution in [0.2, 0.25) is 0 Å². The molecule has 0 spiro atoms. The maximum atomic E-state index is 10.7. The van der Waals surface area contributed by atoms with E-state index in [2.05, 4.69) is 27.7 Å². The van der Waals surface area contributed by atoms with Crippen LogP contribution < -0.4 is 0 Å². The molecule has 574 valence electrons. The minimum Gasteiger partial charge on any atom is -0.481 e. The average molecular weight is 1380 g/mol. The summed E-state index contributed by atoms with van der Waals surface area (Å²) in [6.07, 6.45) is 80.8. The minimum atomic E-state index is -2.85. The first-order valence-corrected chi connectivity index (χ1v) is 40.1. The van der Waals surface area contributed by atoms with E-state index in [9.17, 15) is 39.4 Å². The minimum absolute atomic E-state index is 0.345. The topological polar surface area (TPSA) is 316 Å². The van der Waals surface area contributed by atoms with Crippen LogP contribution in [-0.4, -0.2) is 112 Å². The number of carbonyl (C=O) groups is 4. The highest BCUT2D eigenvalue weighted by Gasteiger charge is 2.70. The fourth-order valence-corrected chi connectivity index (χ4v) is 11.8. The van der Waals surface area contributed by atoms with Crippen molar-refractivity contribution < 1.29 is 69.9 Å². The number of aliphatic carboxylic acids is 4. The molecule has 0 bridgehead atoms. The lowest BCUT2D eigenvalue weighted by atomic mass is 9.79. The zero-order chi connectivity index (χ0) is 72.5. The first-order chi connectivity index (χ1) is 46.5. The average Bonchev–Trinajstić information content (AvgIpc) is 0.764. The number of hydrogen-bond donors (Lipinski definition) is 8. The smallest absolute Gasteiger partial charge is 0.339 e. The maximum absolute atomic E-state index is 10.7. The highest BCUT2D eigenvalue weighted by atomic mass is 16.7. The molecule has 0 saturated heterocycles. The zero-order valence-electron chi connectivity index (χ0n) is 62.8. The molecule has 8 N–H and O–H groups in total. The number of rotatable bonds is 71. The van der Waals surface area contributed by atoms with Crippen molar-refractivity contribution in [3.63, 3.8) is 0 Å². The summed E-state index contributed by atoms with van der Waals surface area (Å²) in [6, 6.07) is 0. The summed E-state index contributed by atoms with van der Waals surface area (Å²) >= 11 is 0. The summed E-state index contributed by atoms with van der Waals surface area (Å²) in [6.45, 7) is 3.52. The van der Waals surface area contributed by atoms with Gasteiger partial charge >= 0.3 is 35.0 Å². The van der Waals surface area contributed by atoms with E-state index in [1.54, 1.807) is 0 Å². The van der Waals surface area contributed by atoms with Gasteiger partial charge in [0.1, 0.15) is 26.4 Å². The normalized spacial score (nSPS) is 11.1. The van der Waals surface area contributed by atoms with Crippen LogP contribution in [0.5, 0.6) is 0 Å². The third-order valence-corrected chi connectivity index (χ3v) is 18.6. The van der Waals surface area contributed by atoms with Crippen LogP contribution in [0.25, 0.3) is 0 Å². The lowest BCUT2D eigenvalue weighted by Crippen LogP contribution is -2.71. The molecule has 18 nitrogen and oxygen atoms in total. The van der Waals surface area contributed by atoms with Gasteiger partial charge < -0.3 is 40.9 Å². The second-order valence-electron chi connectivity index (χ2n) is 27.6. The predicted molar refractivity (Wildman–Crippen MR) is 397 cm³/mol. The molecular formula is C78H156N2O16. The molecule has 0 aliphatic heterocycles. The zero-order valence-corrected chi connectivity index (χ0v) is 62.8. The highest BCUT2D eigenvalue weighted by Crippen LogP contribution is 2.29. The number of carboxylic acids is 4. The van der Waals surface area contributed by atoms with Crippen molar-refractivity contribution in [2.24, 2.45) is 0 Å². The van der Waals surface area contributed by atoms with Gasteiger partial charge in [-0.25, -0.2) is 0 Å². The van der Waals surface area contributed by atoms with Crippen LogP contribution in [0.4, 0.5) is 0 Å². The van der Waals surface area contributed by atoms with Crippen molar-refractivity contribution in [2.45, 2.75) is 450 Å².